The van der Waals surface area contributed by atoms with Crippen molar-refractivity contribution >= 4 is 5.97 Å². The van der Waals surface area contributed by atoms with Gasteiger partial charge in [0.1, 0.15) is 22.7 Å². The summed E-state index contributed by atoms with van der Waals surface area (Å²) in [4.78, 5) is 13.3. The first-order valence-electron chi connectivity index (χ1n) is 13.9. The predicted molar refractivity (Wildman–Crippen MR) is 126 cm³/mol. The van der Waals surface area contributed by atoms with E-state index in [1.165, 1.54) is 5.57 Å². The summed E-state index contributed by atoms with van der Waals surface area (Å²) in [5, 5.41) is 22.8. The largest absolute Gasteiger partial charge is 0.432 e. The van der Waals surface area contributed by atoms with Crippen LogP contribution in [0.3, 0.4) is 0 Å². The van der Waals surface area contributed by atoms with Crippen LogP contribution in [0, 0.1) is 22.7 Å². The van der Waals surface area contributed by atoms with Gasteiger partial charge in [-0.3, -0.25) is 4.79 Å². The molecule has 12 atom stereocenters. The molecule has 0 unspecified atom stereocenters. The van der Waals surface area contributed by atoms with E-state index >= 15 is 0 Å². The fourth-order valence-corrected chi connectivity index (χ4v) is 10.1. The first-order valence-corrected chi connectivity index (χ1v) is 13.9. The summed E-state index contributed by atoms with van der Waals surface area (Å²) >= 11 is 0. The fraction of sp³-hybridized carbons (Fsp3) is 0.893. The smallest absolute Gasteiger partial charge is 0.318 e. The van der Waals surface area contributed by atoms with Crippen molar-refractivity contribution in [3.8, 4) is 0 Å². The van der Waals surface area contributed by atoms with Gasteiger partial charge in [0.15, 0.2) is 6.29 Å². The number of esters is 1. The van der Waals surface area contributed by atoms with E-state index in [1.54, 1.807) is 7.11 Å². The molecule has 3 aliphatic heterocycles. The molecule has 0 aromatic carbocycles. The highest BCUT2D eigenvalue weighted by Gasteiger charge is 2.89. The third-order valence-corrected chi connectivity index (χ3v) is 11.8. The average Bonchev–Trinajstić information content (AvgIpc) is 3.37. The quantitative estimate of drug-likeness (QED) is 0.447. The van der Waals surface area contributed by atoms with Gasteiger partial charge in [-0.2, -0.15) is 0 Å². The van der Waals surface area contributed by atoms with E-state index in [2.05, 4.69) is 13.0 Å². The van der Waals surface area contributed by atoms with Gasteiger partial charge in [0.05, 0.1) is 18.3 Å². The van der Waals surface area contributed by atoms with Crippen molar-refractivity contribution in [2.24, 2.45) is 22.7 Å². The lowest BCUT2D eigenvalue weighted by Crippen LogP contribution is -2.73. The van der Waals surface area contributed by atoms with E-state index in [9.17, 15) is 15.0 Å². The molecule has 0 radical (unpaired) electrons. The van der Waals surface area contributed by atoms with Crippen LogP contribution in [0.1, 0.15) is 78.6 Å². The average molecular weight is 505 g/mol. The normalized spacial score (nSPS) is 59.1. The lowest BCUT2D eigenvalue weighted by molar-refractivity contribution is -0.344. The van der Waals surface area contributed by atoms with E-state index in [1.807, 2.05) is 13.8 Å². The predicted octanol–water partition coefficient (Wildman–Crippen LogP) is 2.98. The lowest BCUT2D eigenvalue weighted by atomic mass is 9.44. The second-order valence-corrected chi connectivity index (χ2v) is 13.0. The second-order valence-electron chi connectivity index (χ2n) is 13.0. The summed E-state index contributed by atoms with van der Waals surface area (Å²) in [5.41, 5.74) is -1.44. The standard InChI is InChI=1S/C28H40O8/c1-15-22(29)18(32-4)14-21(33-15)34-17-6-9-24(2)16(13-17)5-11-27(31)19(24)7-10-26-20-8-12-28(26,27)36-25(20,3)35-23(26)30/h5,15,17-22,29,31H,6-14H2,1-4H3/t15-,17+,18-,19-,20-,21+,22+,24+,25+,26-,27-,28-/m1/s1. The molecule has 1 spiro atoms. The monoisotopic (exact) mass is 504 g/mol. The summed E-state index contributed by atoms with van der Waals surface area (Å²) in [6.45, 7) is 6.05. The van der Waals surface area contributed by atoms with Crippen molar-refractivity contribution in [1.82, 2.24) is 0 Å². The van der Waals surface area contributed by atoms with Crippen LogP contribution in [0.25, 0.3) is 0 Å². The summed E-state index contributed by atoms with van der Waals surface area (Å²) in [6, 6.07) is 0. The minimum absolute atomic E-state index is 0.0251. The lowest BCUT2D eigenvalue weighted by Gasteiger charge is -2.65. The molecule has 8 heteroatoms. The molecule has 0 amide bonds. The van der Waals surface area contributed by atoms with Crippen molar-refractivity contribution < 1.29 is 38.7 Å². The molecular formula is C28H40O8. The van der Waals surface area contributed by atoms with Gasteiger partial charge in [-0.1, -0.05) is 18.6 Å². The van der Waals surface area contributed by atoms with Crippen LogP contribution < -0.4 is 0 Å². The maximum Gasteiger partial charge on any atom is 0.318 e. The summed E-state index contributed by atoms with van der Waals surface area (Å²) in [6.07, 6.45) is 7.29. The van der Waals surface area contributed by atoms with Gasteiger partial charge in [-0.25, -0.2) is 0 Å². The van der Waals surface area contributed by atoms with Crippen LogP contribution in [0.4, 0.5) is 0 Å². The third kappa shape index (κ3) is 2.59. The topological polar surface area (TPSA) is 104 Å². The number of rotatable bonds is 3. The summed E-state index contributed by atoms with van der Waals surface area (Å²) in [5.74, 6) is -0.979. The van der Waals surface area contributed by atoms with E-state index in [0.29, 0.717) is 12.8 Å². The van der Waals surface area contributed by atoms with Gasteiger partial charge in [-0.15, -0.1) is 0 Å². The second kappa shape index (κ2) is 7.33. The SMILES string of the molecule is CO[C@@H]1C[C@H](O[C@H]2CC[C@@]3(C)C(=CC[C@@]4(O)[C@@H]3CC[C@@]35C(=O)O[C@@]6(C)O[C@@]43CC[C@H]65)C2)O[C@H](C)[C@@H]1O. The van der Waals surface area contributed by atoms with Crippen molar-refractivity contribution in [2.75, 3.05) is 7.11 Å². The zero-order valence-electron chi connectivity index (χ0n) is 21.8. The minimum atomic E-state index is -1.08. The fourth-order valence-electron chi connectivity index (χ4n) is 10.1. The zero-order valence-corrected chi connectivity index (χ0v) is 21.8. The number of hydrogen-bond donors (Lipinski definition) is 2. The Morgan fingerprint density at radius 1 is 1.11 bits per heavy atom. The highest BCUT2D eigenvalue weighted by molar-refractivity contribution is 5.85. The Hall–Kier alpha value is -1.03. The molecule has 8 nitrogen and oxygen atoms in total. The molecule has 4 aliphatic carbocycles. The molecular weight excluding hydrogens is 464 g/mol. The molecule has 2 N–H and O–H groups in total. The molecule has 6 fully saturated rings. The van der Waals surface area contributed by atoms with Crippen molar-refractivity contribution in [3.05, 3.63) is 11.6 Å². The number of aliphatic hydroxyl groups excluding tert-OH is 1. The van der Waals surface area contributed by atoms with Crippen LogP contribution in [-0.4, -0.2) is 71.0 Å². The molecule has 7 rings (SSSR count). The van der Waals surface area contributed by atoms with E-state index < -0.39 is 34.8 Å². The Bertz CT molecular complexity index is 1010. The van der Waals surface area contributed by atoms with E-state index in [4.69, 9.17) is 23.7 Å². The van der Waals surface area contributed by atoms with Gasteiger partial charge in [-0.05, 0) is 69.6 Å². The molecule has 0 aromatic rings. The summed E-state index contributed by atoms with van der Waals surface area (Å²) in [7, 11) is 1.61. The molecule has 3 heterocycles. The number of fused-ring (bicyclic) bond motifs is 3. The van der Waals surface area contributed by atoms with Crippen LogP contribution in [0.15, 0.2) is 11.6 Å². The molecule has 4 bridgehead atoms. The van der Waals surface area contributed by atoms with Crippen LogP contribution >= 0.6 is 0 Å². The molecule has 3 saturated heterocycles. The first kappa shape index (κ1) is 24.0. The Morgan fingerprint density at radius 3 is 2.67 bits per heavy atom. The number of hydrogen-bond acceptors (Lipinski definition) is 8. The van der Waals surface area contributed by atoms with Gasteiger partial charge in [0, 0.05) is 26.4 Å². The van der Waals surface area contributed by atoms with Crippen molar-refractivity contribution in [2.45, 2.75) is 126 Å². The maximum atomic E-state index is 13.3. The van der Waals surface area contributed by atoms with Crippen molar-refractivity contribution in [3.63, 3.8) is 0 Å². The molecule has 7 aliphatic rings. The zero-order chi connectivity index (χ0) is 25.3. The van der Waals surface area contributed by atoms with Gasteiger partial charge in [0.2, 0.25) is 5.79 Å². The van der Waals surface area contributed by atoms with E-state index in [-0.39, 0.29) is 41.5 Å². The Kier molecular flexibility index (Phi) is 4.90. The van der Waals surface area contributed by atoms with Gasteiger partial charge < -0.3 is 33.9 Å². The van der Waals surface area contributed by atoms with Crippen LogP contribution in [0.5, 0.6) is 0 Å². The van der Waals surface area contributed by atoms with Crippen LogP contribution in [0.2, 0.25) is 0 Å². The molecule has 200 valence electrons. The maximum absolute atomic E-state index is 13.3. The van der Waals surface area contributed by atoms with Crippen molar-refractivity contribution in [1.29, 1.82) is 0 Å². The molecule has 3 saturated carbocycles. The number of carbonyl (C=O) groups excluding carboxylic acids is 1. The minimum Gasteiger partial charge on any atom is -0.432 e. The Morgan fingerprint density at radius 2 is 1.89 bits per heavy atom. The third-order valence-electron chi connectivity index (χ3n) is 11.8. The van der Waals surface area contributed by atoms with Gasteiger partial charge in [0.25, 0.3) is 0 Å². The first-order chi connectivity index (χ1) is 17.0. The summed E-state index contributed by atoms with van der Waals surface area (Å²) < 4.78 is 30.3. The Labute approximate surface area is 212 Å². The number of ether oxygens (including phenoxy) is 5. The highest BCUT2D eigenvalue weighted by atomic mass is 16.8. The van der Waals surface area contributed by atoms with Crippen LogP contribution in [-0.2, 0) is 28.5 Å². The Balaban J connectivity index is 1.15. The highest BCUT2D eigenvalue weighted by Crippen LogP contribution is 2.79. The molecule has 0 aromatic heterocycles. The molecule has 36 heavy (non-hydrogen) atoms. The van der Waals surface area contributed by atoms with E-state index in [0.717, 1.165) is 44.9 Å². The number of methoxy groups -OCH3 is 1. The number of aliphatic hydroxyl groups is 2. The number of carbonyl (C=O) groups is 1. The van der Waals surface area contributed by atoms with Gasteiger partial charge >= 0.3 is 5.97 Å².